The van der Waals surface area contributed by atoms with Crippen LogP contribution in [0, 0.1) is 5.92 Å². The molecule has 0 bridgehead atoms. The summed E-state index contributed by atoms with van der Waals surface area (Å²) >= 11 is 0. The van der Waals surface area contributed by atoms with Crippen molar-refractivity contribution in [3.8, 4) is 5.75 Å². The number of carbonyl (C=O) groups is 2. The van der Waals surface area contributed by atoms with E-state index in [1.165, 1.54) is 12.7 Å². The van der Waals surface area contributed by atoms with E-state index in [9.17, 15) is 9.59 Å². The van der Waals surface area contributed by atoms with Gasteiger partial charge in [0.05, 0.1) is 19.6 Å². The summed E-state index contributed by atoms with van der Waals surface area (Å²) in [7, 11) is 1.45. The average molecular weight is 441 g/mol. The topological polar surface area (TPSA) is 87.8 Å². The minimum Gasteiger partial charge on any atom is -0.491 e. The van der Waals surface area contributed by atoms with Gasteiger partial charge in [-0.3, -0.25) is 19.6 Å². The van der Waals surface area contributed by atoms with E-state index < -0.39 is 0 Å². The van der Waals surface area contributed by atoms with Gasteiger partial charge in [-0.05, 0) is 55.6 Å². The molecule has 1 aromatic carbocycles. The van der Waals surface area contributed by atoms with E-state index in [2.05, 4.69) is 41.1 Å². The lowest BCUT2D eigenvalue weighted by molar-refractivity contribution is -0.147. The van der Waals surface area contributed by atoms with Crippen molar-refractivity contribution in [1.29, 1.82) is 0 Å². The molecule has 2 aliphatic rings. The Labute approximate surface area is 188 Å². The van der Waals surface area contributed by atoms with E-state index >= 15 is 0 Å². The number of ether oxygens (including phenoxy) is 2. The Balaban J connectivity index is 1.42. The smallest absolute Gasteiger partial charge is 0.308 e. The lowest BCUT2D eigenvalue weighted by atomic mass is 9.96. The van der Waals surface area contributed by atoms with Crippen LogP contribution in [0.15, 0.2) is 24.3 Å². The predicted octanol–water partition coefficient (Wildman–Crippen LogP) is 2.95. The van der Waals surface area contributed by atoms with E-state index in [0.29, 0.717) is 25.4 Å². The molecule has 1 saturated heterocycles. The summed E-state index contributed by atoms with van der Waals surface area (Å²) in [6.45, 7) is 8.16. The second-order valence-electron chi connectivity index (χ2n) is 8.95. The van der Waals surface area contributed by atoms with E-state index in [0.717, 1.165) is 49.5 Å². The van der Waals surface area contributed by atoms with Crippen molar-refractivity contribution in [2.24, 2.45) is 5.92 Å². The van der Waals surface area contributed by atoms with Crippen LogP contribution in [0.3, 0.4) is 0 Å². The fraction of sp³-hybridized carbons (Fsp3) is 0.542. The number of methoxy groups -OCH3 is 1. The van der Waals surface area contributed by atoms with Crippen molar-refractivity contribution >= 4 is 11.9 Å². The molecule has 0 spiro atoms. The second-order valence-corrected chi connectivity index (χ2v) is 8.95. The fourth-order valence-electron chi connectivity index (χ4n) is 4.37. The molecule has 8 heteroatoms. The van der Waals surface area contributed by atoms with Crippen LogP contribution in [0.5, 0.6) is 5.75 Å². The fourth-order valence-corrected chi connectivity index (χ4v) is 4.37. The molecule has 0 unspecified atom stereocenters. The van der Waals surface area contributed by atoms with Crippen LogP contribution in [0.1, 0.15) is 59.9 Å². The van der Waals surface area contributed by atoms with Crippen LogP contribution in [0.2, 0.25) is 0 Å². The Hall–Kier alpha value is -2.87. The summed E-state index contributed by atoms with van der Waals surface area (Å²) in [5.41, 5.74) is 3.59. The Bertz CT molecular complexity index is 963. The molecule has 1 aromatic heterocycles. The summed E-state index contributed by atoms with van der Waals surface area (Å²) in [5, 5.41) is 7.19. The van der Waals surface area contributed by atoms with Gasteiger partial charge < -0.3 is 14.4 Å². The number of hydrogen-bond acceptors (Lipinski definition) is 6. The maximum atomic E-state index is 13.1. The number of H-pyrrole nitrogens is 1. The third kappa shape index (κ3) is 4.96. The van der Waals surface area contributed by atoms with E-state index in [1.54, 1.807) is 4.90 Å². The van der Waals surface area contributed by atoms with Crippen LogP contribution in [0.25, 0.3) is 0 Å². The molecule has 4 rings (SSSR count). The number of benzene rings is 1. The highest BCUT2D eigenvalue weighted by molar-refractivity contribution is 5.92. The first-order valence-electron chi connectivity index (χ1n) is 11.3. The third-order valence-electron chi connectivity index (χ3n) is 6.36. The lowest BCUT2D eigenvalue weighted by Gasteiger charge is -2.30. The van der Waals surface area contributed by atoms with Gasteiger partial charge in [0.15, 0.2) is 0 Å². The third-order valence-corrected chi connectivity index (χ3v) is 6.36. The maximum Gasteiger partial charge on any atom is 0.308 e. The molecule has 1 amide bonds. The van der Waals surface area contributed by atoms with Crippen LogP contribution >= 0.6 is 0 Å². The lowest BCUT2D eigenvalue weighted by Crippen LogP contribution is -2.36. The molecule has 172 valence electrons. The molecular formula is C24H32N4O4. The van der Waals surface area contributed by atoms with Crippen molar-refractivity contribution in [2.75, 3.05) is 33.4 Å². The van der Waals surface area contributed by atoms with Gasteiger partial charge in [0.2, 0.25) is 0 Å². The number of aromatic amines is 1. The molecule has 3 heterocycles. The van der Waals surface area contributed by atoms with Crippen molar-refractivity contribution in [2.45, 2.75) is 45.7 Å². The molecule has 1 N–H and O–H groups in total. The van der Waals surface area contributed by atoms with Crippen molar-refractivity contribution in [1.82, 2.24) is 20.0 Å². The number of nitrogens with zero attached hydrogens (tertiary/aromatic N) is 3. The van der Waals surface area contributed by atoms with E-state index in [4.69, 9.17) is 9.47 Å². The minimum absolute atomic E-state index is 0.00881. The second kappa shape index (κ2) is 9.73. The molecule has 8 nitrogen and oxygen atoms in total. The Morgan fingerprint density at radius 2 is 2.00 bits per heavy atom. The zero-order valence-electron chi connectivity index (χ0n) is 19.1. The number of hydrogen-bond donors (Lipinski definition) is 1. The van der Waals surface area contributed by atoms with E-state index in [1.807, 2.05) is 12.1 Å². The van der Waals surface area contributed by atoms with Gasteiger partial charge in [-0.1, -0.05) is 19.9 Å². The van der Waals surface area contributed by atoms with Crippen molar-refractivity contribution in [3.63, 3.8) is 0 Å². The van der Waals surface area contributed by atoms with Gasteiger partial charge in [-0.15, -0.1) is 0 Å². The van der Waals surface area contributed by atoms with Gasteiger partial charge in [-0.25, -0.2) is 0 Å². The molecule has 1 fully saturated rings. The molecule has 0 atom stereocenters. The number of rotatable bonds is 5. The monoisotopic (exact) mass is 440 g/mol. The van der Waals surface area contributed by atoms with Crippen LogP contribution in [-0.2, 0) is 22.6 Å². The first-order valence-corrected chi connectivity index (χ1v) is 11.3. The Morgan fingerprint density at radius 3 is 2.69 bits per heavy atom. The first kappa shape index (κ1) is 22.3. The summed E-state index contributed by atoms with van der Waals surface area (Å²) in [6.07, 6.45) is 1.65. The summed E-state index contributed by atoms with van der Waals surface area (Å²) in [5.74, 6) is 0.944. The normalized spacial score (nSPS) is 17.6. The molecule has 0 aliphatic carbocycles. The first-order chi connectivity index (χ1) is 15.4. The molecule has 2 aromatic rings. The zero-order chi connectivity index (χ0) is 22.7. The molecule has 0 saturated carbocycles. The highest BCUT2D eigenvalue weighted by Gasteiger charge is 2.26. The number of amides is 1. The van der Waals surface area contributed by atoms with Crippen LogP contribution in [0.4, 0.5) is 0 Å². The summed E-state index contributed by atoms with van der Waals surface area (Å²) in [4.78, 5) is 29.0. The van der Waals surface area contributed by atoms with Gasteiger partial charge in [-0.2, -0.15) is 5.10 Å². The van der Waals surface area contributed by atoms with Crippen molar-refractivity contribution < 1.29 is 19.1 Å². The molecule has 0 radical (unpaired) electrons. The number of nitrogens with one attached hydrogen (secondary N) is 1. The minimum atomic E-state index is -0.103. The molecule has 2 aliphatic heterocycles. The van der Waals surface area contributed by atoms with E-state index in [-0.39, 0.29) is 23.7 Å². The maximum absolute atomic E-state index is 13.1. The van der Waals surface area contributed by atoms with Gasteiger partial charge in [0.25, 0.3) is 5.91 Å². The summed E-state index contributed by atoms with van der Waals surface area (Å²) in [6, 6.07) is 8.07. The molecular weight excluding hydrogens is 408 g/mol. The van der Waals surface area contributed by atoms with Crippen LogP contribution < -0.4 is 4.74 Å². The number of likely N-dealkylation sites (tertiary alicyclic amines) is 1. The number of carbonyl (C=O) groups excluding carboxylic acids is 2. The van der Waals surface area contributed by atoms with Gasteiger partial charge >= 0.3 is 5.97 Å². The SMILES string of the molecule is COC(=O)C1CCN(Cc2ccc3c(c2)CN(C(=O)c2cc(C(C)C)[nH]n2)CCO3)CC1. The average Bonchev–Trinajstić information content (AvgIpc) is 3.20. The quantitative estimate of drug-likeness (QED) is 0.720. The van der Waals surface area contributed by atoms with Crippen LogP contribution in [-0.4, -0.2) is 65.2 Å². The van der Waals surface area contributed by atoms with Crippen molar-refractivity contribution in [3.05, 3.63) is 46.8 Å². The van der Waals surface area contributed by atoms with Gasteiger partial charge in [0.1, 0.15) is 18.1 Å². The Kier molecular flexibility index (Phi) is 6.79. The zero-order valence-corrected chi connectivity index (χ0v) is 19.1. The highest BCUT2D eigenvalue weighted by Crippen LogP contribution is 2.27. The summed E-state index contributed by atoms with van der Waals surface area (Å²) < 4.78 is 10.8. The Morgan fingerprint density at radius 1 is 1.22 bits per heavy atom. The van der Waals surface area contributed by atoms with Gasteiger partial charge in [0, 0.05) is 24.3 Å². The largest absolute Gasteiger partial charge is 0.491 e. The molecule has 32 heavy (non-hydrogen) atoms. The number of piperidine rings is 1. The number of esters is 1. The highest BCUT2D eigenvalue weighted by atomic mass is 16.5. The number of aromatic nitrogens is 2. The standard InChI is InChI=1S/C24H32N4O4/c1-16(2)20-13-21(26-25-20)23(29)28-10-11-32-22-5-4-17(12-19(22)15-28)14-27-8-6-18(7-9-27)24(30)31-3/h4-5,12-13,16,18H,6-11,14-15H2,1-3H3,(H,25,26). The number of fused-ring (bicyclic) bond motifs is 1. The predicted molar refractivity (Wildman–Crippen MR) is 119 cm³/mol.